The molecule has 1 saturated carbocycles. The summed E-state index contributed by atoms with van der Waals surface area (Å²) in [7, 11) is 0. The summed E-state index contributed by atoms with van der Waals surface area (Å²) in [5.74, 6) is 1.22. The molecule has 3 heterocycles. The summed E-state index contributed by atoms with van der Waals surface area (Å²) >= 11 is 0. The van der Waals surface area contributed by atoms with Crippen LogP contribution in [0.1, 0.15) is 57.7 Å². The second-order valence-corrected chi connectivity index (χ2v) is 7.36. The summed E-state index contributed by atoms with van der Waals surface area (Å²) in [4.78, 5) is 7.01. The highest BCUT2D eigenvalue weighted by atomic mass is 16.5. The molecule has 2 aliphatic heterocycles. The summed E-state index contributed by atoms with van der Waals surface area (Å²) in [5.41, 5.74) is -0.168. The zero-order valence-electron chi connectivity index (χ0n) is 13.5. The molecule has 0 amide bonds. The van der Waals surface area contributed by atoms with Crippen molar-refractivity contribution < 1.29 is 14.0 Å². The lowest BCUT2D eigenvalue weighted by Gasteiger charge is -2.45. The van der Waals surface area contributed by atoms with Crippen molar-refractivity contribution in [3.8, 4) is 0 Å². The van der Waals surface area contributed by atoms with Crippen LogP contribution in [0.3, 0.4) is 0 Å². The average molecular weight is 307 g/mol. The van der Waals surface area contributed by atoms with E-state index in [1.165, 1.54) is 6.42 Å². The third kappa shape index (κ3) is 2.63. The molecule has 6 nitrogen and oxygen atoms in total. The van der Waals surface area contributed by atoms with E-state index in [2.05, 4.69) is 23.9 Å². The molecule has 1 aliphatic carbocycles. The lowest BCUT2D eigenvalue weighted by molar-refractivity contribution is -0.0946. The molecule has 0 bridgehead atoms. The summed E-state index contributed by atoms with van der Waals surface area (Å²) in [6.45, 7) is 6.69. The van der Waals surface area contributed by atoms with Crippen molar-refractivity contribution in [2.24, 2.45) is 0 Å². The first kappa shape index (κ1) is 14.5. The molecule has 0 unspecified atom stereocenters. The van der Waals surface area contributed by atoms with E-state index in [9.17, 15) is 0 Å². The Labute approximate surface area is 131 Å². The average Bonchev–Trinajstić information content (AvgIpc) is 3.15. The SMILES string of the molecule is CC1(C)CN(c2nc(C3CCOCC3)no2)[C@@H]2CCC[C@H]2O1. The number of ether oxygens (including phenoxy) is 2. The molecule has 3 aliphatic rings. The molecule has 122 valence electrons. The normalized spacial score (nSPS) is 32.2. The molecule has 2 saturated heterocycles. The second-order valence-electron chi connectivity index (χ2n) is 7.36. The van der Waals surface area contributed by atoms with E-state index < -0.39 is 0 Å². The second kappa shape index (κ2) is 5.49. The molecule has 4 rings (SSSR count). The summed E-state index contributed by atoms with van der Waals surface area (Å²) in [6.07, 6.45) is 5.76. The monoisotopic (exact) mass is 307 g/mol. The summed E-state index contributed by atoms with van der Waals surface area (Å²) < 4.78 is 17.3. The molecular weight excluding hydrogens is 282 g/mol. The topological polar surface area (TPSA) is 60.6 Å². The number of hydrogen-bond donors (Lipinski definition) is 0. The van der Waals surface area contributed by atoms with Crippen LogP contribution < -0.4 is 4.90 Å². The van der Waals surface area contributed by atoms with Crippen molar-refractivity contribution >= 4 is 6.01 Å². The Bertz CT molecular complexity index is 524. The van der Waals surface area contributed by atoms with Crippen molar-refractivity contribution in [3.63, 3.8) is 0 Å². The largest absolute Gasteiger partial charge is 0.381 e. The van der Waals surface area contributed by atoms with E-state index in [-0.39, 0.29) is 5.60 Å². The van der Waals surface area contributed by atoms with Crippen molar-refractivity contribution in [2.75, 3.05) is 24.7 Å². The molecular formula is C16H25N3O3. The van der Waals surface area contributed by atoms with Gasteiger partial charge in [0, 0.05) is 19.1 Å². The Hall–Kier alpha value is -1.14. The highest BCUT2D eigenvalue weighted by molar-refractivity contribution is 5.32. The zero-order valence-corrected chi connectivity index (χ0v) is 13.5. The number of aromatic nitrogens is 2. The van der Waals surface area contributed by atoms with Crippen molar-refractivity contribution in [1.29, 1.82) is 0 Å². The third-order valence-electron chi connectivity index (χ3n) is 5.10. The van der Waals surface area contributed by atoms with Crippen molar-refractivity contribution in [3.05, 3.63) is 5.82 Å². The lowest BCUT2D eigenvalue weighted by atomic mass is 10.00. The third-order valence-corrected chi connectivity index (χ3v) is 5.10. The van der Waals surface area contributed by atoms with Crippen molar-refractivity contribution in [1.82, 2.24) is 10.1 Å². The predicted octanol–water partition coefficient (Wildman–Crippen LogP) is 2.50. The maximum Gasteiger partial charge on any atom is 0.324 e. The van der Waals surface area contributed by atoms with Gasteiger partial charge in [-0.25, -0.2) is 0 Å². The number of rotatable bonds is 2. The van der Waals surface area contributed by atoms with E-state index in [4.69, 9.17) is 19.0 Å². The first-order valence-electron chi connectivity index (χ1n) is 8.48. The quantitative estimate of drug-likeness (QED) is 0.836. The molecule has 6 heteroatoms. The van der Waals surface area contributed by atoms with Crippen LogP contribution in [-0.2, 0) is 9.47 Å². The van der Waals surface area contributed by atoms with Crippen LogP contribution in [0.15, 0.2) is 4.52 Å². The van der Waals surface area contributed by atoms with Crippen LogP contribution >= 0.6 is 0 Å². The van der Waals surface area contributed by atoms with Gasteiger partial charge in [-0.1, -0.05) is 5.16 Å². The fourth-order valence-corrected chi connectivity index (χ4v) is 4.05. The Balaban J connectivity index is 1.56. The Morgan fingerprint density at radius 3 is 2.77 bits per heavy atom. The van der Waals surface area contributed by atoms with E-state index in [1.807, 2.05) is 0 Å². The standard InChI is InChI=1S/C16H25N3O3/c1-16(2)10-19(12-4-3-5-13(12)21-16)15-17-14(18-22-15)11-6-8-20-9-7-11/h11-13H,3-10H2,1-2H3/t12-,13-/m1/s1. The van der Waals surface area contributed by atoms with Gasteiger partial charge < -0.3 is 18.9 Å². The van der Waals surface area contributed by atoms with Crippen LogP contribution in [0, 0.1) is 0 Å². The zero-order chi connectivity index (χ0) is 15.2. The van der Waals surface area contributed by atoms with Gasteiger partial charge in [-0.2, -0.15) is 4.98 Å². The van der Waals surface area contributed by atoms with Crippen molar-refractivity contribution in [2.45, 2.75) is 69.6 Å². The van der Waals surface area contributed by atoms with Gasteiger partial charge in [0.1, 0.15) is 0 Å². The number of nitrogens with zero attached hydrogens (tertiary/aromatic N) is 3. The van der Waals surface area contributed by atoms with Crippen LogP contribution in [0.25, 0.3) is 0 Å². The molecule has 2 atom stereocenters. The Morgan fingerprint density at radius 2 is 1.95 bits per heavy atom. The van der Waals surface area contributed by atoms with Gasteiger partial charge in [0.05, 0.1) is 24.3 Å². The minimum atomic E-state index is -0.168. The maximum absolute atomic E-state index is 6.22. The van der Waals surface area contributed by atoms with Gasteiger partial charge in [0.15, 0.2) is 5.82 Å². The first-order valence-corrected chi connectivity index (χ1v) is 8.48. The van der Waals surface area contributed by atoms with Gasteiger partial charge in [-0.3, -0.25) is 0 Å². The Kier molecular flexibility index (Phi) is 3.61. The molecule has 22 heavy (non-hydrogen) atoms. The van der Waals surface area contributed by atoms with E-state index in [0.29, 0.717) is 24.1 Å². The van der Waals surface area contributed by atoms with Crippen LogP contribution in [0.4, 0.5) is 6.01 Å². The van der Waals surface area contributed by atoms with E-state index in [1.54, 1.807) is 0 Å². The molecule has 1 aromatic heterocycles. The van der Waals surface area contributed by atoms with Gasteiger partial charge in [-0.15, -0.1) is 0 Å². The predicted molar refractivity (Wildman–Crippen MR) is 81.0 cm³/mol. The van der Waals surface area contributed by atoms with E-state index in [0.717, 1.165) is 51.3 Å². The van der Waals surface area contributed by atoms with Crippen LogP contribution in [-0.4, -0.2) is 47.6 Å². The lowest BCUT2D eigenvalue weighted by Crippen LogP contribution is -2.57. The summed E-state index contributed by atoms with van der Waals surface area (Å²) in [6, 6.07) is 1.06. The molecule has 0 N–H and O–H groups in total. The number of anilines is 1. The first-order chi connectivity index (χ1) is 10.6. The fourth-order valence-electron chi connectivity index (χ4n) is 4.05. The minimum Gasteiger partial charge on any atom is -0.381 e. The highest BCUT2D eigenvalue weighted by Gasteiger charge is 2.45. The molecule has 3 fully saturated rings. The molecule has 0 aromatic carbocycles. The van der Waals surface area contributed by atoms with E-state index >= 15 is 0 Å². The number of hydrogen-bond acceptors (Lipinski definition) is 6. The smallest absolute Gasteiger partial charge is 0.324 e. The molecule has 0 spiro atoms. The van der Waals surface area contributed by atoms with Gasteiger partial charge in [0.25, 0.3) is 0 Å². The highest BCUT2D eigenvalue weighted by Crippen LogP contribution is 2.38. The van der Waals surface area contributed by atoms with Gasteiger partial charge in [0.2, 0.25) is 0 Å². The van der Waals surface area contributed by atoms with Gasteiger partial charge >= 0.3 is 6.01 Å². The van der Waals surface area contributed by atoms with Gasteiger partial charge in [-0.05, 0) is 46.0 Å². The van der Waals surface area contributed by atoms with Crippen LogP contribution in [0.2, 0.25) is 0 Å². The van der Waals surface area contributed by atoms with Crippen LogP contribution in [0.5, 0.6) is 0 Å². The fraction of sp³-hybridized carbons (Fsp3) is 0.875. The molecule has 0 radical (unpaired) electrons. The number of fused-ring (bicyclic) bond motifs is 1. The maximum atomic E-state index is 6.22. The summed E-state index contributed by atoms with van der Waals surface area (Å²) in [5, 5.41) is 4.25. The minimum absolute atomic E-state index is 0.168. The molecule has 1 aromatic rings. The number of morpholine rings is 1. The Morgan fingerprint density at radius 1 is 1.14 bits per heavy atom.